The summed E-state index contributed by atoms with van der Waals surface area (Å²) in [7, 11) is 1.90. The van der Waals surface area contributed by atoms with Gasteiger partial charge in [0, 0.05) is 45.4 Å². The molecular weight excluding hydrogens is 448 g/mol. The monoisotopic (exact) mass is 476 g/mol. The van der Waals surface area contributed by atoms with E-state index in [4.69, 9.17) is 10.00 Å². The first kappa shape index (κ1) is 23.6. The molecule has 3 heterocycles. The van der Waals surface area contributed by atoms with E-state index in [1.54, 1.807) is 17.9 Å². The van der Waals surface area contributed by atoms with Gasteiger partial charge in [-0.1, -0.05) is 19.1 Å². The van der Waals surface area contributed by atoms with Crippen LogP contribution in [0.1, 0.15) is 47.3 Å². The van der Waals surface area contributed by atoms with E-state index in [9.17, 15) is 4.79 Å². The minimum Gasteiger partial charge on any atom is -0.489 e. The Morgan fingerprint density at radius 3 is 2.91 bits per heavy atom. The summed E-state index contributed by atoms with van der Waals surface area (Å²) < 4.78 is 6.23. The molecule has 0 N–H and O–H groups in total. The molecule has 0 radical (unpaired) electrons. The van der Waals surface area contributed by atoms with Crippen LogP contribution in [0, 0.1) is 11.3 Å². The van der Waals surface area contributed by atoms with E-state index in [0.29, 0.717) is 30.2 Å². The Balaban J connectivity index is 1.31. The fraction of sp³-hybridized carbons (Fsp3) is 0.400. The Morgan fingerprint density at radius 2 is 2.18 bits per heavy atom. The number of hydrogen-bond donors (Lipinski definition) is 0. The van der Waals surface area contributed by atoms with Gasteiger partial charge in [0.15, 0.2) is 5.78 Å². The van der Waals surface area contributed by atoms with Crippen LogP contribution in [0.3, 0.4) is 0 Å². The normalized spacial score (nSPS) is 16.1. The lowest BCUT2D eigenvalue weighted by atomic mass is 9.95. The summed E-state index contributed by atoms with van der Waals surface area (Å²) in [4.78, 5) is 30.1. The van der Waals surface area contributed by atoms with Crippen molar-refractivity contribution in [3.05, 3.63) is 58.7 Å². The van der Waals surface area contributed by atoms with E-state index in [2.05, 4.69) is 32.8 Å². The number of ether oxygens (including phenoxy) is 1. The van der Waals surface area contributed by atoms with Gasteiger partial charge in [-0.2, -0.15) is 10.2 Å². The van der Waals surface area contributed by atoms with Crippen molar-refractivity contribution >= 4 is 28.9 Å². The molecule has 176 valence electrons. The Hall–Kier alpha value is -3.51. The van der Waals surface area contributed by atoms with Crippen LogP contribution in [-0.2, 0) is 0 Å². The van der Waals surface area contributed by atoms with E-state index in [-0.39, 0.29) is 17.8 Å². The first-order valence-electron chi connectivity index (χ1n) is 11.4. The molecule has 34 heavy (non-hydrogen) atoms. The molecule has 2 aromatic heterocycles. The van der Waals surface area contributed by atoms with Gasteiger partial charge >= 0.3 is 0 Å². The summed E-state index contributed by atoms with van der Waals surface area (Å²) in [5.41, 5.74) is 2.81. The maximum absolute atomic E-state index is 12.4. The topological polar surface area (TPSA) is 95.2 Å². The van der Waals surface area contributed by atoms with Gasteiger partial charge < -0.3 is 14.5 Å². The summed E-state index contributed by atoms with van der Waals surface area (Å²) in [5.74, 6) is 2.58. The van der Waals surface area contributed by atoms with Gasteiger partial charge in [0.1, 0.15) is 17.7 Å². The molecule has 0 amide bonds. The number of nitrogens with zero attached hydrogens (tertiary/aromatic N) is 6. The molecule has 1 fully saturated rings. The Kier molecular flexibility index (Phi) is 7.70. The predicted molar refractivity (Wildman–Crippen MR) is 133 cm³/mol. The number of hydrogen-bond acceptors (Lipinski definition) is 9. The minimum atomic E-state index is 0.0749. The summed E-state index contributed by atoms with van der Waals surface area (Å²) in [6.45, 7) is 4.27. The lowest BCUT2D eigenvalue weighted by molar-refractivity contribution is 0.0979. The number of ketones is 1. The number of rotatable bonds is 10. The summed E-state index contributed by atoms with van der Waals surface area (Å²) >= 11 is 1.39. The standard InChI is InChI=1S/C25H28N6O2S/c1-18(14-22(32)23-15-27-17-34-23)19-4-6-20(7-5-19)33-21-9-13-31(16-21)24-8-11-28-25(29-24)30(2)12-3-10-26/h4-8,11,15,17-18,21H,3,9,12-14,16H2,1-2H3/t18-,21-/m1/s1. The number of carbonyl (C=O) groups excluding carboxylic acids is 1. The van der Waals surface area contributed by atoms with Crippen molar-refractivity contribution in [3.63, 3.8) is 0 Å². The Bertz CT molecular complexity index is 1130. The van der Waals surface area contributed by atoms with E-state index in [1.807, 2.05) is 42.3 Å². The molecule has 9 heteroatoms. The molecule has 0 aliphatic carbocycles. The Labute approximate surface area is 203 Å². The largest absolute Gasteiger partial charge is 0.489 e. The average Bonchev–Trinajstić information content (AvgIpc) is 3.56. The van der Waals surface area contributed by atoms with Gasteiger partial charge in [0.2, 0.25) is 5.95 Å². The van der Waals surface area contributed by atoms with E-state index < -0.39 is 0 Å². The number of carbonyl (C=O) groups is 1. The second-order valence-corrected chi connectivity index (χ2v) is 9.37. The number of aromatic nitrogens is 3. The first-order chi connectivity index (χ1) is 16.5. The third kappa shape index (κ3) is 5.88. The van der Waals surface area contributed by atoms with Crippen molar-refractivity contribution < 1.29 is 9.53 Å². The smallest absolute Gasteiger partial charge is 0.227 e. The zero-order valence-corrected chi connectivity index (χ0v) is 20.2. The van der Waals surface area contributed by atoms with Crippen LogP contribution in [0.4, 0.5) is 11.8 Å². The van der Waals surface area contributed by atoms with Crippen LogP contribution in [0.5, 0.6) is 5.75 Å². The molecule has 1 aromatic carbocycles. The maximum Gasteiger partial charge on any atom is 0.227 e. The highest BCUT2D eigenvalue weighted by molar-refractivity contribution is 7.11. The predicted octanol–water partition coefficient (Wildman–Crippen LogP) is 4.32. The molecule has 3 aromatic rings. The molecule has 1 aliphatic rings. The number of Topliss-reactive ketones (excluding diaryl/α,β-unsaturated/α-hetero) is 1. The molecule has 2 atom stereocenters. The van der Waals surface area contributed by atoms with Gasteiger partial charge in [-0.3, -0.25) is 9.78 Å². The van der Waals surface area contributed by atoms with Crippen molar-refractivity contribution in [2.45, 2.75) is 38.2 Å². The van der Waals surface area contributed by atoms with Crippen molar-refractivity contribution in [2.24, 2.45) is 0 Å². The lowest BCUT2D eigenvalue weighted by Crippen LogP contribution is -2.26. The van der Waals surface area contributed by atoms with Crippen molar-refractivity contribution in [1.29, 1.82) is 5.26 Å². The van der Waals surface area contributed by atoms with Crippen molar-refractivity contribution in [2.75, 3.05) is 36.5 Å². The zero-order chi connectivity index (χ0) is 23.9. The SMILES string of the molecule is C[C@H](CC(=O)c1cncs1)c1ccc(O[C@@H]2CCN(c3ccnc(N(C)CCC#N)n3)C2)cc1. The summed E-state index contributed by atoms with van der Waals surface area (Å²) in [6, 6.07) is 12.1. The van der Waals surface area contributed by atoms with Gasteiger partial charge in [-0.05, 0) is 29.7 Å². The molecule has 4 rings (SSSR count). The fourth-order valence-corrected chi connectivity index (χ4v) is 4.54. The summed E-state index contributed by atoms with van der Waals surface area (Å²) in [6.07, 6.45) is 5.28. The number of nitriles is 1. The molecule has 0 saturated carbocycles. The third-order valence-corrected chi connectivity index (χ3v) is 6.76. The highest BCUT2D eigenvalue weighted by atomic mass is 32.1. The maximum atomic E-state index is 12.4. The molecule has 1 saturated heterocycles. The molecule has 8 nitrogen and oxygen atoms in total. The lowest BCUT2D eigenvalue weighted by Gasteiger charge is -2.21. The number of anilines is 2. The van der Waals surface area contributed by atoms with Crippen LogP contribution in [0.15, 0.2) is 48.2 Å². The van der Waals surface area contributed by atoms with Crippen molar-refractivity contribution in [3.8, 4) is 11.8 Å². The molecular formula is C25H28N6O2S. The summed E-state index contributed by atoms with van der Waals surface area (Å²) in [5, 5.41) is 8.80. The van der Waals surface area contributed by atoms with E-state index >= 15 is 0 Å². The highest BCUT2D eigenvalue weighted by Crippen LogP contribution is 2.27. The third-order valence-electron chi connectivity index (χ3n) is 5.95. The number of thiazole rings is 1. The van der Waals surface area contributed by atoms with Gasteiger partial charge in [-0.15, -0.1) is 11.3 Å². The van der Waals surface area contributed by atoms with Crippen molar-refractivity contribution in [1.82, 2.24) is 15.0 Å². The molecule has 1 aliphatic heterocycles. The van der Waals surface area contributed by atoms with Crippen LogP contribution >= 0.6 is 11.3 Å². The molecule has 0 bridgehead atoms. The van der Waals surface area contributed by atoms with Crippen LogP contribution in [0.2, 0.25) is 0 Å². The molecule has 0 unspecified atom stereocenters. The second kappa shape index (κ2) is 11.1. The minimum absolute atomic E-state index is 0.0749. The first-order valence-corrected chi connectivity index (χ1v) is 12.3. The van der Waals surface area contributed by atoms with Gasteiger partial charge in [0.25, 0.3) is 0 Å². The van der Waals surface area contributed by atoms with Crippen LogP contribution < -0.4 is 14.5 Å². The Morgan fingerprint density at radius 1 is 1.35 bits per heavy atom. The van der Waals surface area contributed by atoms with E-state index in [1.165, 1.54) is 11.3 Å². The van der Waals surface area contributed by atoms with Crippen LogP contribution in [-0.4, -0.2) is 53.5 Å². The van der Waals surface area contributed by atoms with Gasteiger partial charge in [-0.25, -0.2) is 4.98 Å². The van der Waals surface area contributed by atoms with E-state index in [0.717, 1.165) is 36.6 Å². The molecule has 0 spiro atoms. The zero-order valence-electron chi connectivity index (χ0n) is 19.4. The fourth-order valence-electron chi connectivity index (χ4n) is 3.97. The van der Waals surface area contributed by atoms with Crippen LogP contribution in [0.25, 0.3) is 0 Å². The quantitative estimate of drug-likeness (QED) is 0.399. The highest BCUT2D eigenvalue weighted by Gasteiger charge is 2.25. The van der Waals surface area contributed by atoms with Gasteiger partial charge in [0.05, 0.1) is 29.4 Å². The number of benzene rings is 1. The second-order valence-electron chi connectivity index (χ2n) is 8.48. The average molecular weight is 477 g/mol.